The molecule has 1 aromatic heterocycles. The predicted octanol–water partition coefficient (Wildman–Crippen LogP) is 1.56. The van der Waals surface area contributed by atoms with Gasteiger partial charge in [-0.25, -0.2) is 4.98 Å². The van der Waals surface area contributed by atoms with Crippen LogP contribution < -0.4 is 16.0 Å². The van der Waals surface area contributed by atoms with Crippen molar-refractivity contribution in [2.24, 2.45) is 0 Å². The van der Waals surface area contributed by atoms with Crippen molar-refractivity contribution in [2.45, 2.75) is 6.54 Å². The summed E-state index contributed by atoms with van der Waals surface area (Å²) in [7, 11) is 1.74. The Kier molecular flexibility index (Phi) is 4.05. The number of nitrogens with zero attached hydrogens (tertiary/aromatic N) is 3. The number of hydrogen-bond donors (Lipinski definition) is 1. The quantitative estimate of drug-likeness (QED) is 0.743. The molecular weight excluding hydrogens is 292 g/mol. The first-order chi connectivity index (χ1) is 11.1. The van der Waals surface area contributed by atoms with Gasteiger partial charge in [-0.3, -0.25) is 24.6 Å². The molecule has 116 valence electrons. The maximum atomic E-state index is 12.3. The lowest BCUT2D eigenvalue weighted by atomic mass is 10.2. The Hall–Kier alpha value is -3.15. The van der Waals surface area contributed by atoms with Gasteiger partial charge in [-0.1, -0.05) is 30.3 Å². The van der Waals surface area contributed by atoms with Gasteiger partial charge in [0.2, 0.25) is 0 Å². The number of amides is 1. The number of para-hydroxylation sites is 2. The summed E-state index contributed by atoms with van der Waals surface area (Å²) in [5, 5.41) is 2.11. The molecule has 0 saturated heterocycles. The van der Waals surface area contributed by atoms with Crippen LogP contribution in [0.1, 0.15) is 0 Å². The minimum Gasteiger partial charge on any atom is -0.289 e. The lowest BCUT2D eigenvalue weighted by molar-refractivity contribution is -0.121. The summed E-state index contributed by atoms with van der Waals surface area (Å²) < 4.78 is 1.30. The van der Waals surface area contributed by atoms with Gasteiger partial charge < -0.3 is 0 Å². The summed E-state index contributed by atoms with van der Waals surface area (Å²) in [5.74, 6) is -0.296. The molecule has 3 aromatic rings. The fourth-order valence-electron chi connectivity index (χ4n) is 2.31. The van der Waals surface area contributed by atoms with Crippen LogP contribution in [0.3, 0.4) is 0 Å². The molecule has 6 heteroatoms. The zero-order valence-corrected chi connectivity index (χ0v) is 12.6. The van der Waals surface area contributed by atoms with E-state index in [0.717, 1.165) is 5.69 Å². The molecule has 1 N–H and O–H groups in total. The fourth-order valence-corrected chi connectivity index (χ4v) is 2.31. The first-order valence-corrected chi connectivity index (χ1v) is 7.17. The molecule has 0 spiro atoms. The largest absolute Gasteiger partial charge is 0.289 e. The van der Waals surface area contributed by atoms with Crippen molar-refractivity contribution in [1.29, 1.82) is 0 Å². The number of nitrogens with one attached hydrogen (secondary N) is 1. The van der Waals surface area contributed by atoms with Gasteiger partial charge in [0.25, 0.3) is 11.5 Å². The summed E-state index contributed by atoms with van der Waals surface area (Å²) in [4.78, 5) is 28.7. The summed E-state index contributed by atoms with van der Waals surface area (Å²) in [6.07, 6.45) is 1.40. The number of rotatable bonds is 4. The van der Waals surface area contributed by atoms with Crippen molar-refractivity contribution >= 4 is 22.5 Å². The van der Waals surface area contributed by atoms with Crippen LogP contribution in [-0.2, 0) is 11.3 Å². The highest BCUT2D eigenvalue weighted by molar-refractivity contribution is 5.79. The molecule has 0 unspecified atom stereocenters. The second-order valence-corrected chi connectivity index (χ2v) is 5.12. The van der Waals surface area contributed by atoms with Crippen molar-refractivity contribution in [3.05, 3.63) is 71.3 Å². The normalized spacial score (nSPS) is 10.5. The van der Waals surface area contributed by atoms with Crippen LogP contribution in [0.15, 0.2) is 65.7 Å². The molecule has 0 fully saturated rings. The summed E-state index contributed by atoms with van der Waals surface area (Å²) >= 11 is 0. The molecule has 23 heavy (non-hydrogen) atoms. The van der Waals surface area contributed by atoms with Gasteiger partial charge in [-0.15, -0.1) is 0 Å². The molecule has 0 saturated carbocycles. The van der Waals surface area contributed by atoms with Gasteiger partial charge in [-0.05, 0) is 24.3 Å². The second kappa shape index (κ2) is 6.31. The number of aromatic nitrogens is 2. The van der Waals surface area contributed by atoms with E-state index in [0.29, 0.717) is 10.9 Å². The van der Waals surface area contributed by atoms with Crippen molar-refractivity contribution in [3.8, 4) is 0 Å². The van der Waals surface area contributed by atoms with E-state index in [1.54, 1.807) is 30.3 Å². The topological polar surface area (TPSA) is 67.2 Å². The number of carbonyl (C=O) groups is 1. The number of anilines is 1. The van der Waals surface area contributed by atoms with E-state index in [2.05, 4.69) is 10.4 Å². The molecule has 0 bridgehead atoms. The number of benzene rings is 2. The average molecular weight is 308 g/mol. The average Bonchev–Trinajstić information content (AvgIpc) is 2.58. The Morgan fingerprint density at radius 1 is 1.13 bits per heavy atom. The Bertz CT molecular complexity index is 890. The van der Waals surface area contributed by atoms with Crippen LogP contribution in [0, 0.1) is 0 Å². The third-order valence-corrected chi connectivity index (χ3v) is 3.48. The highest BCUT2D eigenvalue weighted by atomic mass is 16.2. The lowest BCUT2D eigenvalue weighted by Gasteiger charge is -2.20. The van der Waals surface area contributed by atoms with Gasteiger partial charge >= 0.3 is 0 Å². The number of fused-ring (bicyclic) bond motifs is 1. The first-order valence-electron chi connectivity index (χ1n) is 7.17. The summed E-state index contributed by atoms with van der Waals surface area (Å²) in [5.41, 5.74) is 3.97. The highest BCUT2D eigenvalue weighted by Gasteiger charge is 2.09. The molecule has 0 radical (unpaired) electrons. The maximum absolute atomic E-state index is 12.3. The SMILES string of the molecule is CN(NC(=O)Cn1cnc2ccccc2c1=O)c1ccccc1. The lowest BCUT2D eigenvalue weighted by Crippen LogP contribution is -2.42. The number of hydrogen-bond acceptors (Lipinski definition) is 4. The number of carbonyl (C=O) groups excluding carboxylic acids is 1. The first kappa shape index (κ1) is 14.8. The van der Waals surface area contributed by atoms with Crippen LogP contribution in [-0.4, -0.2) is 22.5 Å². The van der Waals surface area contributed by atoms with Crippen molar-refractivity contribution in [1.82, 2.24) is 15.0 Å². The minimum absolute atomic E-state index is 0.0894. The van der Waals surface area contributed by atoms with Crippen LogP contribution in [0.4, 0.5) is 5.69 Å². The molecule has 1 heterocycles. The van der Waals surface area contributed by atoms with Crippen molar-refractivity contribution in [3.63, 3.8) is 0 Å². The van der Waals surface area contributed by atoms with E-state index in [1.165, 1.54) is 10.9 Å². The van der Waals surface area contributed by atoms with Gasteiger partial charge in [0.1, 0.15) is 6.54 Å². The van der Waals surface area contributed by atoms with E-state index < -0.39 is 0 Å². The maximum Gasteiger partial charge on any atom is 0.261 e. The van der Waals surface area contributed by atoms with Crippen LogP contribution in [0.5, 0.6) is 0 Å². The Morgan fingerprint density at radius 2 is 1.83 bits per heavy atom. The van der Waals surface area contributed by atoms with Crippen LogP contribution in [0.2, 0.25) is 0 Å². The van der Waals surface area contributed by atoms with E-state index in [-0.39, 0.29) is 18.0 Å². The van der Waals surface area contributed by atoms with Gasteiger partial charge in [-0.2, -0.15) is 0 Å². The zero-order valence-electron chi connectivity index (χ0n) is 12.6. The summed E-state index contributed by atoms with van der Waals surface area (Å²) in [6, 6.07) is 16.5. The smallest absolute Gasteiger partial charge is 0.261 e. The summed E-state index contributed by atoms with van der Waals surface area (Å²) in [6.45, 7) is -0.0894. The molecule has 0 aliphatic carbocycles. The van der Waals surface area contributed by atoms with E-state index >= 15 is 0 Å². The fraction of sp³-hybridized carbons (Fsp3) is 0.118. The third-order valence-electron chi connectivity index (χ3n) is 3.48. The molecule has 6 nitrogen and oxygen atoms in total. The standard InChI is InChI=1S/C17H16N4O2/c1-20(13-7-3-2-4-8-13)19-16(22)11-21-12-18-15-10-6-5-9-14(15)17(21)23/h2-10,12H,11H2,1H3,(H,19,22). The van der Waals surface area contributed by atoms with Crippen molar-refractivity contribution < 1.29 is 4.79 Å². The van der Waals surface area contributed by atoms with Crippen molar-refractivity contribution in [2.75, 3.05) is 12.1 Å². The van der Waals surface area contributed by atoms with Crippen LogP contribution in [0.25, 0.3) is 10.9 Å². The molecule has 0 atom stereocenters. The molecular formula is C17H16N4O2. The number of hydrazine groups is 1. The molecule has 2 aromatic carbocycles. The van der Waals surface area contributed by atoms with Crippen LogP contribution >= 0.6 is 0 Å². The van der Waals surface area contributed by atoms with E-state index in [9.17, 15) is 9.59 Å². The predicted molar refractivity (Wildman–Crippen MR) is 89.0 cm³/mol. The molecule has 1 amide bonds. The second-order valence-electron chi connectivity index (χ2n) is 5.12. The molecule has 0 aliphatic rings. The minimum atomic E-state index is -0.296. The van der Waals surface area contributed by atoms with Gasteiger partial charge in [0.15, 0.2) is 0 Å². The Labute approximate surface area is 133 Å². The molecule has 0 aliphatic heterocycles. The van der Waals surface area contributed by atoms with Gasteiger partial charge in [0, 0.05) is 7.05 Å². The highest BCUT2D eigenvalue weighted by Crippen LogP contribution is 2.08. The van der Waals surface area contributed by atoms with E-state index in [4.69, 9.17) is 0 Å². The monoisotopic (exact) mass is 308 g/mol. The Balaban J connectivity index is 1.76. The van der Waals surface area contributed by atoms with Gasteiger partial charge in [0.05, 0.1) is 22.9 Å². The molecule has 3 rings (SSSR count). The third kappa shape index (κ3) is 3.21. The zero-order chi connectivity index (χ0) is 16.2. The van der Waals surface area contributed by atoms with E-state index in [1.807, 2.05) is 36.4 Å². The Morgan fingerprint density at radius 3 is 2.61 bits per heavy atom.